The van der Waals surface area contributed by atoms with Gasteiger partial charge in [-0.25, -0.2) is 4.98 Å². The van der Waals surface area contributed by atoms with Crippen LogP contribution in [0.3, 0.4) is 0 Å². The second kappa shape index (κ2) is 11.6. The van der Waals surface area contributed by atoms with Gasteiger partial charge in [0.05, 0.1) is 41.2 Å². The summed E-state index contributed by atoms with van der Waals surface area (Å²) in [7, 11) is 1.62. The number of carbonyl (C=O) groups is 2. The van der Waals surface area contributed by atoms with E-state index in [1.807, 2.05) is 44.2 Å². The fraction of sp³-hybridized carbons (Fsp3) is 0.407. The summed E-state index contributed by atoms with van der Waals surface area (Å²) in [6.07, 6.45) is 1.26. The maximum absolute atomic E-state index is 13.6. The van der Waals surface area contributed by atoms with Crippen LogP contribution in [0, 0.1) is 5.41 Å². The summed E-state index contributed by atoms with van der Waals surface area (Å²) in [5.41, 5.74) is 3.46. The highest BCUT2D eigenvalue weighted by atomic mass is 35.5. The smallest absolute Gasteiger partial charge is 0.255 e. The van der Waals surface area contributed by atoms with Gasteiger partial charge in [0.1, 0.15) is 17.4 Å². The lowest BCUT2D eigenvalue weighted by molar-refractivity contribution is 0.0780. The lowest BCUT2D eigenvalue weighted by Crippen LogP contribution is -2.33. The number of halogens is 1. The number of benzene rings is 2. The highest BCUT2D eigenvalue weighted by molar-refractivity contribution is 6.27. The van der Waals surface area contributed by atoms with Crippen molar-refractivity contribution in [2.45, 2.75) is 45.8 Å². The second-order valence-corrected chi connectivity index (χ2v) is 9.20. The van der Waals surface area contributed by atoms with Gasteiger partial charge >= 0.3 is 0 Å². The minimum atomic E-state index is -0.410. The summed E-state index contributed by atoms with van der Waals surface area (Å²) in [5, 5.41) is 13.9. The van der Waals surface area contributed by atoms with Gasteiger partial charge < -0.3 is 24.8 Å². The number of rotatable bonds is 11. The van der Waals surface area contributed by atoms with Crippen LogP contribution in [0.15, 0.2) is 36.4 Å². The first-order valence-corrected chi connectivity index (χ1v) is 13.1. The number of amides is 2. The molecule has 2 heterocycles. The van der Waals surface area contributed by atoms with Crippen LogP contribution in [-0.2, 0) is 13.1 Å². The molecule has 2 aromatic carbocycles. The molecule has 2 amide bonds. The van der Waals surface area contributed by atoms with E-state index in [1.54, 1.807) is 18.1 Å². The van der Waals surface area contributed by atoms with Gasteiger partial charge in [0.2, 0.25) is 0 Å². The quantitative estimate of drug-likeness (QED) is 0.151. The second-order valence-electron chi connectivity index (χ2n) is 8.94. The molecule has 3 N–H and O–H groups in total. The molecule has 0 saturated carbocycles. The van der Waals surface area contributed by atoms with Crippen molar-refractivity contribution < 1.29 is 14.3 Å². The van der Waals surface area contributed by atoms with Crippen LogP contribution in [0.1, 0.15) is 64.8 Å². The number of aromatic nitrogens is 2. The van der Waals surface area contributed by atoms with E-state index in [4.69, 9.17) is 26.7 Å². The van der Waals surface area contributed by atoms with Gasteiger partial charge in [-0.3, -0.25) is 15.0 Å². The fourth-order valence-electron chi connectivity index (χ4n) is 4.81. The van der Waals surface area contributed by atoms with Gasteiger partial charge in [-0.1, -0.05) is 12.1 Å². The van der Waals surface area contributed by atoms with E-state index in [1.165, 1.54) is 0 Å². The first-order valence-electron chi connectivity index (χ1n) is 12.5. The minimum absolute atomic E-state index is 0.114. The topological polar surface area (TPSA) is 112 Å². The number of alkyl halides is 1. The van der Waals surface area contributed by atoms with Crippen molar-refractivity contribution in [3.05, 3.63) is 58.9 Å². The molecule has 4 rings (SSSR count). The van der Waals surface area contributed by atoms with E-state index in [9.17, 15) is 9.59 Å². The molecule has 37 heavy (non-hydrogen) atoms. The van der Waals surface area contributed by atoms with Crippen LogP contribution in [0.4, 0.5) is 0 Å². The Kier molecular flexibility index (Phi) is 8.33. The molecule has 0 aliphatic carbocycles. The molecule has 0 fully saturated rings. The zero-order valence-electron chi connectivity index (χ0n) is 21.4. The third-order valence-electron chi connectivity index (χ3n) is 6.70. The normalized spacial score (nSPS) is 13.5. The molecule has 0 spiro atoms. The molecule has 1 aromatic heterocycles. The molecule has 0 bridgehead atoms. The monoisotopic (exact) mass is 524 g/mol. The van der Waals surface area contributed by atoms with Crippen molar-refractivity contribution in [2.75, 3.05) is 26.1 Å². The minimum Gasteiger partial charge on any atom is -0.497 e. The predicted molar refractivity (Wildman–Crippen MR) is 145 cm³/mol. The zero-order chi connectivity index (χ0) is 26.5. The molecule has 0 saturated heterocycles. The van der Waals surface area contributed by atoms with Crippen molar-refractivity contribution in [1.29, 1.82) is 5.41 Å². The van der Waals surface area contributed by atoms with Crippen LogP contribution in [-0.4, -0.2) is 58.2 Å². The predicted octanol–water partition coefficient (Wildman–Crippen LogP) is 4.10. The van der Waals surface area contributed by atoms with E-state index in [2.05, 4.69) is 15.2 Å². The van der Waals surface area contributed by atoms with Crippen LogP contribution < -0.4 is 15.4 Å². The van der Waals surface area contributed by atoms with Crippen LogP contribution in [0.25, 0.3) is 11.0 Å². The number of hydrogen-bond acceptors (Lipinski definition) is 5. The number of amidine groups is 1. The van der Waals surface area contributed by atoms with Gasteiger partial charge in [0, 0.05) is 32.2 Å². The molecular formula is C27H33ClN6O3. The summed E-state index contributed by atoms with van der Waals surface area (Å²) in [6.45, 7) is 6.29. The number of fused-ring (bicyclic) bond motifs is 2. The third kappa shape index (κ3) is 5.41. The van der Waals surface area contributed by atoms with Crippen LogP contribution >= 0.6 is 11.6 Å². The third-order valence-corrected chi connectivity index (χ3v) is 6.97. The van der Waals surface area contributed by atoms with Gasteiger partial charge in [-0.15, -0.1) is 11.6 Å². The number of ether oxygens (including phenoxy) is 1. The number of aryl methyl sites for hydroxylation is 1. The summed E-state index contributed by atoms with van der Waals surface area (Å²) >= 11 is 5.72. The molecule has 0 radical (unpaired) electrons. The number of carbonyl (C=O) groups excluding carboxylic acids is 2. The van der Waals surface area contributed by atoms with E-state index < -0.39 is 6.04 Å². The Morgan fingerprint density at radius 1 is 1.24 bits per heavy atom. The van der Waals surface area contributed by atoms with E-state index in [-0.39, 0.29) is 23.5 Å². The van der Waals surface area contributed by atoms with Gasteiger partial charge in [0.15, 0.2) is 0 Å². The standard InChI is InChI=1S/C27H33ClN6O3/c1-4-33-16-17-8-6-9-19(24(17)27(33)36)26(35)32-20(10-7-13-30-23(29)15-28)25-31-21-14-18(37-3)11-12-22(21)34(25)5-2/h6,8-9,11-12,14,20H,4-5,7,10,13,15-16H2,1-3H3,(H2,29,30)(H,32,35)/t20-/m0/s1. The lowest BCUT2D eigenvalue weighted by Gasteiger charge is -2.21. The number of nitrogens with zero attached hydrogens (tertiary/aromatic N) is 3. The molecule has 9 nitrogen and oxygen atoms in total. The van der Waals surface area contributed by atoms with Crippen LogP contribution in [0.5, 0.6) is 5.75 Å². The van der Waals surface area contributed by atoms with Crippen molar-refractivity contribution >= 4 is 40.3 Å². The van der Waals surface area contributed by atoms with Crippen molar-refractivity contribution in [1.82, 2.24) is 25.1 Å². The number of hydrogen-bond donors (Lipinski definition) is 3. The largest absolute Gasteiger partial charge is 0.497 e. The number of imidazole rings is 1. The summed E-state index contributed by atoms with van der Waals surface area (Å²) in [6, 6.07) is 10.8. The van der Waals surface area contributed by atoms with E-state index in [0.717, 1.165) is 22.4 Å². The molecule has 0 unspecified atom stereocenters. The summed E-state index contributed by atoms with van der Waals surface area (Å²) < 4.78 is 7.47. The lowest BCUT2D eigenvalue weighted by atomic mass is 10.0. The molecule has 196 valence electrons. The Balaban J connectivity index is 1.66. The average Bonchev–Trinajstić information content (AvgIpc) is 3.46. The Bertz CT molecular complexity index is 1320. The average molecular weight is 525 g/mol. The van der Waals surface area contributed by atoms with E-state index >= 15 is 0 Å². The van der Waals surface area contributed by atoms with Gasteiger partial charge in [-0.05, 0) is 50.5 Å². The highest BCUT2D eigenvalue weighted by Gasteiger charge is 2.32. The maximum Gasteiger partial charge on any atom is 0.255 e. The highest BCUT2D eigenvalue weighted by Crippen LogP contribution is 2.29. The molecular weight excluding hydrogens is 492 g/mol. The Morgan fingerprint density at radius 3 is 2.76 bits per heavy atom. The maximum atomic E-state index is 13.6. The van der Waals surface area contributed by atoms with Crippen molar-refractivity contribution in [3.8, 4) is 5.75 Å². The molecule has 1 aliphatic heterocycles. The molecule has 10 heteroatoms. The van der Waals surface area contributed by atoms with E-state index in [0.29, 0.717) is 55.9 Å². The molecule has 3 aromatic rings. The SMILES string of the molecule is CCN1Cc2cccc(C(=O)N[C@@H](CCCNC(=N)CCl)c3nc4cc(OC)ccc4n3CC)c2C1=O. The Labute approximate surface area is 221 Å². The van der Waals surface area contributed by atoms with Gasteiger partial charge in [-0.2, -0.15) is 0 Å². The first kappa shape index (κ1) is 26.5. The first-order chi connectivity index (χ1) is 17.9. The van der Waals surface area contributed by atoms with Crippen molar-refractivity contribution in [2.24, 2.45) is 0 Å². The summed E-state index contributed by atoms with van der Waals surface area (Å²) in [5.74, 6) is 1.41. The number of methoxy groups -OCH3 is 1. The van der Waals surface area contributed by atoms with Crippen molar-refractivity contribution in [3.63, 3.8) is 0 Å². The number of nitrogens with one attached hydrogen (secondary N) is 3. The fourth-order valence-corrected chi connectivity index (χ4v) is 4.91. The molecule has 1 atom stereocenters. The molecule has 1 aliphatic rings. The van der Waals surface area contributed by atoms with Gasteiger partial charge in [0.25, 0.3) is 11.8 Å². The Hall–Kier alpha value is -3.59. The Morgan fingerprint density at radius 2 is 2.05 bits per heavy atom. The van der Waals surface area contributed by atoms with Crippen LogP contribution in [0.2, 0.25) is 0 Å². The summed E-state index contributed by atoms with van der Waals surface area (Å²) in [4.78, 5) is 33.2. The zero-order valence-corrected chi connectivity index (χ0v) is 22.2.